The van der Waals surface area contributed by atoms with Crippen molar-refractivity contribution in [3.63, 3.8) is 0 Å². The van der Waals surface area contributed by atoms with E-state index < -0.39 is 26.5 Å². The van der Waals surface area contributed by atoms with Crippen LogP contribution in [0.3, 0.4) is 0 Å². The van der Waals surface area contributed by atoms with Crippen LogP contribution < -0.4 is 10.5 Å². The van der Waals surface area contributed by atoms with E-state index in [2.05, 4.69) is 5.32 Å². The molecule has 27 heavy (non-hydrogen) atoms. The highest BCUT2D eigenvalue weighted by Crippen LogP contribution is 2.63. The lowest BCUT2D eigenvalue weighted by atomic mass is 9.79. The molecule has 7 nitrogen and oxygen atoms in total. The van der Waals surface area contributed by atoms with Crippen LogP contribution in [0.1, 0.15) is 42.7 Å². The highest BCUT2D eigenvalue weighted by atomic mass is 32.3. The third kappa shape index (κ3) is 3.03. The van der Waals surface area contributed by atoms with E-state index in [0.29, 0.717) is 40.9 Å². The first kappa shape index (κ1) is 18.7. The first-order valence-electron chi connectivity index (χ1n) is 8.75. The summed E-state index contributed by atoms with van der Waals surface area (Å²) in [6.07, 6.45) is 2.34. The van der Waals surface area contributed by atoms with Crippen molar-refractivity contribution in [3.05, 3.63) is 51.2 Å². The Kier molecular flexibility index (Phi) is 4.28. The van der Waals surface area contributed by atoms with Gasteiger partial charge in [0.25, 0.3) is 0 Å². The van der Waals surface area contributed by atoms with Crippen molar-refractivity contribution in [2.24, 2.45) is 5.14 Å². The largest absolute Gasteiger partial charge is 0.361 e. The Morgan fingerprint density at radius 1 is 1.19 bits per heavy atom. The minimum Gasteiger partial charge on any atom is -0.361 e. The molecular formula is C18H22N2O5S2. The van der Waals surface area contributed by atoms with E-state index in [1.54, 1.807) is 19.1 Å². The number of carbonyl (C=O) groups excluding carboxylic acids is 1. The molecule has 146 valence electrons. The molecular weight excluding hydrogens is 388 g/mol. The molecule has 2 aliphatic heterocycles. The van der Waals surface area contributed by atoms with E-state index in [-0.39, 0.29) is 16.4 Å². The second-order valence-electron chi connectivity index (χ2n) is 7.26. The topological polar surface area (TPSA) is 130 Å². The number of hydrogen-bond donors (Lipinski definition) is 4. The third-order valence-electron chi connectivity index (χ3n) is 5.45. The molecule has 5 N–H and O–H groups in total. The SMILES string of the molecule is Cc1ccc(C2C3=C(CCCC3=O)NC3=C2S(O)(O)CC3)cc1S(N)(=O)=O. The number of Topliss-reactive ketones (excluding diaryl/α,β-unsaturated/α-hetero) is 1. The number of sulfonamides is 1. The van der Waals surface area contributed by atoms with Crippen LogP contribution in [0, 0.1) is 6.92 Å². The molecule has 0 amide bonds. The summed E-state index contributed by atoms with van der Waals surface area (Å²) in [7, 11) is -6.97. The average Bonchev–Trinajstić information content (AvgIpc) is 2.88. The van der Waals surface area contributed by atoms with Crippen LogP contribution in [0.2, 0.25) is 0 Å². The van der Waals surface area contributed by atoms with E-state index >= 15 is 0 Å². The fourth-order valence-electron chi connectivity index (χ4n) is 4.22. The lowest BCUT2D eigenvalue weighted by molar-refractivity contribution is -0.116. The Balaban J connectivity index is 1.96. The first-order valence-corrected chi connectivity index (χ1v) is 12.0. The fraction of sp³-hybridized carbons (Fsp3) is 0.389. The number of rotatable bonds is 2. The summed E-state index contributed by atoms with van der Waals surface area (Å²) in [6.45, 7) is 1.65. The molecule has 0 saturated heterocycles. The van der Waals surface area contributed by atoms with Crippen molar-refractivity contribution in [1.29, 1.82) is 0 Å². The quantitative estimate of drug-likeness (QED) is 0.593. The molecule has 3 aliphatic rings. The van der Waals surface area contributed by atoms with Gasteiger partial charge in [0.05, 0.1) is 15.7 Å². The zero-order valence-corrected chi connectivity index (χ0v) is 16.5. The van der Waals surface area contributed by atoms with Gasteiger partial charge in [0.15, 0.2) is 5.78 Å². The number of hydrogen-bond acceptors (Lipinski definition) is 6. The summed E-state index contributed by atoms with van der Waals surface area (Å²) >= 11 is 0. The van der Waals surface area contributed by atoms with Gasteiger partial charge in [0.1, 0.15) is 0 Å². The van der Waals surface area contributed by atoms with Gasteiger partial charge in [0.2, 0.25) is 10.0 Å². The maximum atomic E-state index is 12.7. The summed E-state index contributed by atoms with van der Waals surface area (Å²) in [5.74, 6) is -0.484. The van der Waals surface area contributed by atoms with Crippen molar-refractivity contribution in [2.75, 3.05) is 5.75 Å². The predicted molar refractivity (Wildman–Crippen MR) is 104 cm³/mol. The molecule has 1 aromatic carbocycles. The number of dihydropyridines is 1. The lowest BCUT2D eigenvalue weighted by Gasteiger charge is -2.40. The molecule has 0 fully saturated rings. The van der Waals surface area contributed by atoms with Crippen molar-refractivity contribution < 1.29 is 22.3 Å². The van der Waals surface area contributed by atoms with Gasteiger partial charge < -0.3 is 5.32 Å². The van der Waals surface area contributed by atoms with Crippen molar-refractivity contribution >= 4 is 26.4 Å². The first-order chi connectivity index (χ1) is 12.6. The van der Waals surface area contributed by atoms with Crippen LogP contribution in [-0.2, 0) is 14.8 Å². The number of ketones is 1. The second-order valence-corrected chi connectivity index (χ2v) is 11.0. The summed E-state index contributed by atoms with van der Waals surface area (Å²) in [4.78, 5) is 13.1. The van der Waals surface area contributed by atoms with Crippen molar-refractivity contribution in [3.8, 4) is 0 Å². The molecule has 1 aromatic rings. The minimum absolute atomic E-state index is 0.0134. The highest BCUT2D eigenvalue weighted by Gasteiger charge is 2.44. The summed E-state index contributed by atoms with van der Waals surface area (Å²) in [6, 6.07) is 4.85. The van der Waals surface area contributed by atoms with E-state index in [1.165, 1.54) is 6.07 Å². The summed E-state index contributed by atoms with van der Waals surface area (Å²) < 4.78 is 45.2. The maximum absolute atomic E-state index is 12.7. The molecule has 0 spiro atoms. The molecule has 9 heteroatoms. The number of allylic oxidation sites excluding steroid dienone is 4. The Morgan fingerprint density at radius 3 is 2.63 bits per heavy atom. The van der Waals surface area contributed by atoms with Crippen molar-refractivity contribution in [2.45, 2.75) is 43.4 Å². The normalized spacial score (nSPS) is 25.8. The number of nitrogens with one attached hydrogen (secondary N) is 1. The van der Waals surface area contributed by atoms with Crippen LogP contribution >= 0.6 is 10.6 Å². The fourth-order valence-corrected chi connectivity index (χ4v) is 6.93. The standard InChI is InChI=1S/C18H22N2O5S2/c1-10-5-6-11(9-15(10)27(19,24)25)16-17-12(3-2-4-14(17)21)20-13-7-8-26(22,23)18(13)16/h5-6,9,16,20,22-23H,2-4,7-8H2,1H3,(H2,19,24,25). The highest BCUT2D eigenvalue weighted by molar-refractivity contribution is 8.27. The Bertz CT molecular complexity index is 1020. The maximum Gasteiger partial charge on any atom is 0.238 e. The van der Waals surface area contributed by atoms with Gasteiger partial charge in [-0.25, -0.2) is 13.6 Å². The Hall–Kier alpha value is -1.65. The molecule has 1 aliphatic carbocycles. The number of carbonyl (C=O) groups is 1. The van der Waals surface area contributed by atoms with E-state index in [0.717, 1.165) is 17.8 Å². The zero-order chi connectivity index (χ0) is 19.6. The minimum atomic E-state index is -3.94. The van der Waals surface area contributed by atoms with Gasteiger partial charge in [-0.15, -0.1) is 0 Å². The molecule has 2 heterocycles. The predicted octanol–water partition coefficient (Wildman–Crippen LogP) is 2.70. The van der Waals surface area contributed by atoms with Gasteiger partial charge in [0, 0.05) is 35.6 Å². The van der Waals surface area contributed by atoms with Crippen LogP contribution in [0.15, 0.2) is 45.0 Å². The molecule has 1 atom stereocenters. The molecule has 4 rings (SSSR count). The van der Waals surface area contributed by atoms with Gasteiger partial charge in [-0.05, 0) is 37.0 Å². The number of primary sulfonamides is 1. The average molecular weight is 411 g/mol. The van der Waals surface area contributed by atoms with Gasteiger partial charge in [-0.2, -0.15) is 10.6 Å². The van der Waals surface area contributed by atoms with Gasteiger partial charge in [-0.1, -0.05) is 12.1 Å². The number of benzene rings is 1. The van der Waals surface area contributed by atoms with E-state index in [4.69, 9.17) is 5.14 Å². The van der Waals surface area contributed by atoms with Gasteiger partial charge in [-0.3, -0.25) is 13.9 Å². The van der Waals surface area contributed by atoms with Crippen molar-refractivity contribution in [1.82, 2.24) is 5.32 Å². The van der Waals surface area contributed by atoms with E-state index in [1.807, 2.05) is 0 Å². The molecule has 0 radical (unpaired) electrons. The summed E-state index contributed by atoms with van der Waals surface area (Å²) in [5, 5.41) is 8.61. The van der Waals surface area contributed by atoms with Crippen LogP contribution in [0.4, 0.5) is 0 Å². The van der Waals surface area contributed by atoms with Crippen LogP contribution in [0.5, 0.6) is 0 Å². The molecule has 0 saturated carbocycles. The smallest absolute Gasteiger partial charge is 0.238 e. The number of aryl methyl sites for hydroxylation is 1. The number of nitrogens with two attached hydrogens (primary N) is 1. The lowest BCUT2D eigenvalue weighted by Crippen LogP contribution is -2.31. The Morgan fingerprint density at radius 2 is 1.93 bits per heavy atom. The van der Waals surface area contributed by atoms with E-state index in [9.17, 15) is 22.3 Å². The summed E-state index contributed by atoms with van der Waals surface area (Å²) in [5.41, 5.74) is 3.12. The van der Waals surface area contributed by atoms with Crippen LogP contribution in [-0.4, -0.2) is 29.1 Å². The van der Waals surface area contributed by atoms with Gasteiger partial charge >= 0.3 is 0 Å². The molecule has 0 bridgehead atoms. The Labute approximate surface area is 159 Å². The zero-order valence-electron chi connectivity index (χ0n) is 14.9. The third-order valence-corrected chi connectivity index (χ3v) is 8.46. The molecule has 1 unspecified atom stereocenters. The van der Waals surface area contributed by atoms with Crippen LogP contribution in [0.25, 0.3) is 0 Å². The monoisotopic (exact) mass is 410 g/mol. The second kappa shape index (κ2) is 6.18. The molecule has 0 aromatic heterocycles.